The van der Waals surface area contributed by atoms with Crippen molar-refractivity contribution in [2.45, 2.75) is 65.5 Å². The zero-order valence-electron chi connectivity index (χ0n) is 14.8. The van der Waals surface area contributed by atoms with Crippen molar-refractivity contribution in [2.75, 3.05) is 12.3 Å². The van der Waals surface area contributed by atoms with Crippen molar-refractivity contribution in [1.29, 1.82) is 0 Å². The normalized spacial score (nSPS) is 13.4. The highest BCUT2D eigenvalue weighted by Crippen LogP contribution is 2.60. The summed E-state index contributed by atoms with van der Waals surface area (Å²) in [5.74, 6) is 0.921. The maximum atomic E-state index is 6.53. The van der Waals surface area contributed by atoms with Gasteiger partial charge in [-0.25, -0.2) is 0 Å². The molecule has 0 N–H and O–H groups in total. The highest BCUT2D eigenvalue weighted by molar-refractivity contribution is 7.64. The first-order chi connectivity index (χ1) is 10.5. The maximum absolute atomic E-state index is 6.53. The highest BCUT2D eigenvalue weighted by atomic mass is 31.2. The van der Waals surface area contributed by atoms with Gasteiger partial charge in [-0.3, -0.25) is 0 Å². The molecule has 0 aromatic heterocycles. The second kappa shape index (κ2) is 10.6. The van der Waals surface area contributed by atoms with Gasteiger partial charge in [0, 0.05) is 13.3 Å². The second-order valence-electron chi connectivity index (χ2n) is 6.55. The summed E-state index contributed by atoms with van der Waals surface area (Å²) < 4.78 is 12.8. The average molecular weight is 342 g/mol. The maximum Gasteiger partial charge on any atom is 0.239 e. The van der Waals surface area contributed by atoms with E-state index in [-0.39, 0.29) is 13.3 Å². The van der Waals surface area contributed by atoms with Crippen LogP contribution in [0.3, 0.4) is 0 Å². The molecular formula is C18H32O2P2. The summed E-state index contributed by atoms with van der Waals surface area (Å²) in [7, 11) is -1.29. The van der Waals surface area contributed by atoms with Gasteiger partial charge >= 0.3 is 0 Å². The van der Waals surface area contributed by atoms with Crippen LogP contribution in [0.2, 0.25) is 0 Å². The van der Waals surface area contributed by atoms with E-state index < -0.39 is 8.38 Å². The molecule has 22 heavy (non-hydrogen) atoms. The predicted octanol–water partition coefficient (Wildman–Crippen LogP) is 7.19. The van der Waals surface area contributed by atoms with Gasteiger partial charge in [0.1, 0.15) is 5.75 Å². The molecule has 0 saturated carbocycles. The van der Waals surface area contributed by atoms with Crippen molar-refractivity contribution >= 4 is 16.5 Å². The third-order valence-electron chi connectivity index (χ3n) is 3.19. The smallest absolute Gasteiger partial charge is 0.239 e. The van der Waals surface area contributed by atoms with Crippen LogP contribution in [-0.4, -0.2) is 17.5 Å². The van der Waals surface area contributed by atoms with Crippen LogP contribution in [0, 0.1) is 0 Å². The molecule has 4 heteroatoms. The SMILES string of the molecule is CCCCP(CCCC)OP(Oc1ccccc1)C(C)(C)C. The molecule has 0 amide bonds. The molecule has 0 heterocycles. The van der Waals surface area contributed by atoms with E-state index in [1.807, 2.05) is 30.3 Å². The van der Waals surface area contributed by atoms with Crippen LogP contribution in [-0.2, 0) is 4.31 Å². The summed E-state index contributed by atoms with van der Waals surface area (Å²) in [6, 6.07) is 10.1. The number of rotatable bonds is 10. The quantitative estimate of drug-likeness (QED) is 0.419. The number of benzene rings is 1. The van der Waals surface area contributed by atoms with E-state index in [4.69, 9.17) is 8.83 Å². The fourth-order valence-corrected chi connectivity index (χ4v) is 6.57. The van der Waals surface area contributed by atoms with Gasteiger partial charge in [0.15, 0.2) is 0 Å². The summed E-state index contributed by atoms with van der Waals surface area (Å²) in [6.45, 7) is 11.2. The first-order valence-electron chi connectivity index (χ1n) is 8.43. The lowest BCUT2D eigenvalue weighted by molar-refractivity contribution is 0.474. The number of para-hydroxylation sites is 1. The lowest BCUT2D eigenvalue weighted by Gasteiger charge is -2.32. The van der Waals surface area contributed by atoms with Crippen molar-refractivity contribution in [3.05, 3.63) is 30.3 Å². The molecule has 0 spiro atoms. The van der Waals surface area contributed by atoms with Crippen molar-refractivity contribution < 1.29 is 8.83 Å². The summed E-state index contributed by atoms with van der Waals surface area (Å²) in [4.78, 5) is 0. The monoisotopic (exact) mass is 342 g/mol. The molecule has 0 radical (unpaired) electrons. The Morgan fingerprint density at radius 1 is 0.909 bits per heavy atom. The van der Waals surface area contributed by atoms with E-state index in [1.165, 1.54) is 38.0 Å². The van der Waals surface area contributed by atoms with Crippen LogP contribution in [0.5, 0.6) is 5.75 Å². The molecule has 0 saturated heterocycles. The molecule has 1 unspecified atom stereocenters. The van der Waals surface area contributed by atoms with E-state index in [1.54, 1.807) is 0 Å². The molecule has 1 aromatic rings. The fourth-order valence-electron chi connectivity index (χ4n) is 1.82. The van der Waals surface area contributed by atoms with Crippen molar-refractivity contribution in [1.82, 2.24) is 0 Å². The summed E-state index contributed by atoms with van der Waals surface area (Å²) >= 11 is 0. The van der Waals surface area contributed by atoms with Crippen LogP contribution < -0.4 is 4.52 Å². The molecular weight excluding hydrogens is 310 g/mol. The molecule has 126 valence electrons. The Balaban J connectivity index is 2.72. The summed E-state index contributed by atoms with van der Waals surface area (Å²) in [6.07, 6.45) is 7.41. The Labute approximate surface area is 139 Å². The standard InChI is InChI=1S/C18H32O2P2/c1-6-8-15-21(16-9-7-2)20-22(18(3,4)5)19-17-13-11-10-12-14-17/h10-14H,6-9,15-16H2,1-5H3. The number of hydrogen-bond acceptors (Lipinski definition) is 2. The Hall–Kier alpha value is -0.160. The van der Waals surface area contributed by atoms with Gasteiger partial charge in [-0.05, 0) is 37.3 Å². The zero-order chi connectivity index (χ0) is 16.4. The lowest BCUT2D eigenvalue weighted by atomic mass is 10.3. The van der Waals surface area contributed by atoms with Gasteiger partial charge in [-0.15, -0.1) is 0 Å². The largest absolute Gasteiger partial charge is 0.447 e. The second-order valence-corrected chi connectivity index (χ2v) is 11.1. The van der Waals surface area contributed by atoms with Gasteiger partial charge in [0.05, 0.1) is 0 Å². The van der Waals surface area contributed by atoms with E-state index in [0.717, 1.165) is 5.75 Å². The average Bonchev–Trinajstić information content (AvgIpc) is 2.49. The van der Waals surface area contributed by atoms with Crippen LogP contribution in [0.25, 0.3) is 0 Å². The van der Waals surface area contributed by atoms with Crippen LogP contribution in [0.15, 0.2) is 30.3 Å². The predicted molar refractivity (Wildman–Crippen MR) is 101 cm³/mol. The summed E-state index contributed by atoms with van der Waals surface area (Å²) in [5, 5.41) is 0.0319. The van der Waals surface area contributed by atoms with Crippen LogP contribution in [0.1, 0.15) is 60.3 Å². The fraction of sp³-hybridized carbons (Fsp3) is 0.667. The molecule has 0 bridgehead atoms. The Morgan fingerprint density at radius 2 is 1.45 bits per heavy atom. The van der Waals surface area contributed by atoms with E-state index in [0.29, 0.717) is 0 Å². The van der Waals surface area contributed by atoms with Crippen molar-refractivity contribution in [2.24, 2.45) is 0 Å². The van der Waals surface area contributed by atoms with Gasteiger partial charge in [0.25, 0.3) is 0 Å². The van der Waals surface area contributed by atoms with Gasteiger partial charge in [0.2, 0.25) is 8.38 Å². The van der Waals surface area contributed by atoms with E-state index in [2.05, 4.69) is 34.6 Å². The Morgan fingerprint density at radius 3 is 1.91 bits per heavy atom. The van der Waals surface area contributed by atoms with Gasteiger partial charge in [-0.2, -0.15) is 0 Å². The molecule has 0 fully saturated rings. The molecule has 0 aliphatic rings. The van der Waals surface area contributed by atoms with Crippen molar-refractivity contribution in [3.8, 4) is 5.75 Å². The van der Waals surface area contributed by atoms with Crippen molar-refractivity contribution in [3.63, 3.8) is 0 Å². The highest BCUT2D eigenvalue weighted by Gasteiger charge is 2.32. The third-order valence-corrected chi connectivity index (χ3v) is 7.81. The first-order valence-corrected chi connectivity index (χ1v) is 11.2. The minimum Gasteiger partial charge on any atom is -0.447 e. The van der Waals surface area contributed by atoms with Gasteiger partial charge in [-0.1, -0.05) is 65.7 Å². The van der Waals surface area contributed by atoms with E-state index >= 15 is 0 Å². The lowest BCUT2D eigenvalue weighted by Crippen LogP contribution is -2.16. The van der Waals surface area contributed by atoms with Gasteiger partial charge < -0.3 is 8.83 Å². The summed E-state index contributed by atoms with van der Waals surface area (Å²) in [5.41, 5.74) is 0. The number of unbranched alkanes of at least 4 members (excludes halogenated alkanes) is 2. The molecule has 2 nitrogen and oxygen atoms in total. The Kier molecular flexibility index (Phi) is 9.57. The number of hydrogen-bond donors (Lipinski definition) is 0. The van der Waals surface area contributed by atoms with Crippen LogP contribution in [0.4, 0.5) is 0 Å². The van der Waals surface area contributed by atoms with E-state index in [9.17, 15) is 0 Å². The topological polar surface area (TPSA) is 18.5 Å². The molecule has 1 rings (SSSR count). The minimum absolute atomic E-state index is 0.0319. The molecule has 0 aliphatic carbocycles. The van der Waals surface area contributed by atoms with Crippen LogP contribution >= 0.6 is 16.5 Å². The zero-order valence-corrected chi connectivity index (χ0v) is 16.6. The molecule has 0 aliphatic heterocycles. The third kappa shape index (κ3) is 7.91. The molecule has 1 aromatic carbocycles. The Bertz CT molecular complexity index is 382. The minimum atomic E-state index is -0.922. The molecule has 1 atom stereocenters. The first kappa shape index (κ1) is 19.9.